The van der Waals surface area contributed by atoms with Crippen molar-refractivity contribution in [2.45, 2.75) is 19.4 Å². The fourth-order valence-corrected chi connectivity index (χ4v) is 5.12. The van der Waals surface area contributed by atoms with E-state index in [-0.39, 0.29) is 24.2 Å². The molecule has 0 bridgehead atoms. The molecule has 5 rings (SSSR count). The predicted molar refractivity (Wildman–Crippen MR) is 136 cm³/mol. The number of carbonyl (C=O) groups is 1. The van der Waals surface area contributed by atoms with Crippen molar-refractivity contribution >= 4 is 45.6 Å². The van der Waals surface area contributed by atoms with Crippen LogP contribution < -0.4 is 10.2 Å². The average molecular weight is 464 g/mol. The quantitative estimate of drug-likeness (QED) is 0.399. The highest BCUT2D eigenvalue weighted by Gasteiger charge is 2.26. The average Bonchev–Trinajstić information content (AvgIpc) is 3.32. The number of rotatable bonds is 5. The first-order chi connectivity index (χ1) is 15.3. The Labute approximate surface area is 198 Å². The molecule has 0 spiro atoms. The maximum atomic E-state index is 12.7. The molecule has 1 amide bonds. The van der Waals surface area contributed by atoms with E-state index in [4.69, 9.17) is 4.98 Å². The van der Waals surface area contributed by atoms with Crippen molar-refractivity contribution in [2.75, 3.05) is 18.0 Å². The third kappa shape index (κ3) is 4.79. The monoisotopic (exact) mass is 463 g/mol. The first-order valence-electron chi connectivity index (χ1n) is 10.8. The molecule has 2 aromatic carbocycles. The summed E-state index contributed by atoms with van der Waals surface area (Å²) in [6, 6.07) is 24.7. The zero-order valence-corrected chi connectivity index (χ0v) is 19.4. The van der Waals surface area contributed by atoms with Crippen molar-refractivity contribution < 1.29 is 4.79 Å². The highest BCUT2D eigenvalue weighted by atomic mass is 35.5. The van der Waals surface area contributed by atoms with Crippen LogP contribution in [0.3, 0.4) is 0 Å². The molecule has 1 aliphatic rings. The Morgan fingerprint density at radius 3 is 2.41 bits per heavy atom. The van der Waals surface area contributed by atoms with Crippen molar-refractivity contribution in [3.05, 3.63) is 83.7 Å². The van der Waals surface area contributed by atoms with Crippen LogP contribution in [-0.4, -0.2) is 24.0 Å². The second kappa shape index (κ2) is 10.2. The minimum Gasteiger partial charge on any atom is -0.370 e. The first-order valence-corrected chi connectivity index (χ1v) is 11.7. The molecule has 0 aliphatic carbocycles. The van der Waals surface area contributed by atoms with Crippen LogP contribution in [0.1, 0.15) is 18.4 Å². The molecule has 6 heteroatoms. The summed E-state index contributed by atoms with van der Waals surface area (Å²) in [5, 5.41) is 5.22. The van der Waals surface area contributed by atoms with E-state index in [0.717, 1.165) is 48.3 Å². The van der Waals surface area contributed by atoms with Crippen LogP contribution in [0.5, 0.6) is 0 Å². The van der Waals surface area contributed by atoms with Crippen molar-refractivity contribution in [2.24, 2.45) is 5.92 Å². The van der Waals surface area contributed by atoms with E-state index in [2.05, 4.69) is 39.9 Å². The van der Waals surface area contributed by atoms with Gasteiger partial charge in [0, 0.05) is 31.1 Å². The van der Waals surface area contributed by atoms with Crippen LogP contribution in [0, 0.1) is 5.92 Å². The summed E-state index contributed by atoms with van der Waals surface area (Å²) in [5.74, 6) is 0.249. The number of hydrogen-bond acceptors (Lipinski definition) is 4. The number of benzene rings is 2. The van der Waals surface area contributed by atoms with Crippen molar-refractivity contribution in [3.8, 4) is 11.3 Å². The molecule has 1 saturated heterocycles. The molecule has 32 heavy (non-hydrogen) atoms. The second-order valence-electron chi connectivity index (χ2n) is 7.99. The molecular weight excluding hydrogens is 438 g/mol. The Hall–Kier alpha value is -2.89. The fourth-order valence-electron chi connectivity index (χ4n) is 4.24. The number of nitrogens with one attached hydrogen (secondary N) is 1. The number of anilines is 1. The van der Waals surface area contributed by atoms with E-state index < -0.39 is 0 Å². The van der Waals surface area contributed by atoms with Crippen molar-refractivity contribution in [1.29, 1.82) is 0 Å². The third-order valence-corrected chi connectivity index (χ3v) is 6.90. The van der Waals surface area contributed by atoms with Crippen LogP contribution in [0.4, 0.5) is 5.69 Å². The Balaban J connectivity index is 0.00000245. The normalized spacial score (nSPS) is 14.2. The van der Waals surface area contributed by atoms with Gasteiger partial charge in [-0.2, -0.15) is 0 Å². The summed E-state index contributed by atoms with van der Waals surface area (Å²) < 4.78 is 1.23. The number of pyridine rings is 1. The van der Waals surface area contributed by atoms with Gasteiger partial charge in [0.15, 0.2) is 0 Å². The van der Waals surface area contributed by atoms with Crippen LogP contribution in [0.15, 0.2) is 78.2 Å². The highest BCUT2D eigenvalue weighted by Crippen LogP contribution is 2.36. The number of halogens is 1. The van der Waals surface area contributed by atoms with Gasteiger partial charge in [0.2, 0.25) is 5.91 Å². The molecule has 4 aromatic rings. The predicted octanol–water partition coefficient (Wildman–Crippen LogP) is 5.92. The molecule has 0 atom stereocenters. The molecular formula is C26H26ClN3OS. The number of amides is 1. The standard InChI is InChI=1S/C26H25N3OS.ClH/c30-26(27-18-19-7-3-1-4-8-19)21-11-14-29(15-12-21)24-17-23(20-9-5-2-6-10-20)28-22-13-16-31-25(22)24;/h1-10,13,16-17,21H,11-12,14-15,18H2,(H,27,30);1H. The molecule has 1 fully saturated rings. The van der Waals surface area contributed by atoms with E-state index in [1.807, 2.05) is 48.5 Å². The van der Waals surface area contributed by atoms with Crippen molar-refractivity contribution in [1.82, 2.24) is 10.3 Å². The summed E-state index contributed by atoms with van der Waals surface area (Å²) in [4.78, 5) is 20.0. The maximum absolute atomic E-state index is 12.7. The van der Waals surface area contributed by atoms with Crippen molar-refractivity contribution in [3.63, 3.8) is 0 Å². The third-order valence-electron chi connectivity index (χ3n) is 5.98. The molecule has 3 heterocycles. The number of fused-ring (bicyclic) bond motifs is 1. The Kier molecular flexibility index (Phi) is 7.08. The summed E-state index contributed by atoms with van der Waals surface area (Å²) in [5.41, 5.74) is 5.56. The number of carbonyl (C=O) groups excluding carboxylic acids is 1. The lowest BCUT2D eigenvalue weighted by Crippen LogP contribution is -2.40. The minimum absolute atomic E-state index is 0. The van der Waals surface area contributed by atoms with Gasteiger partial charge in [-0.15, -0.1) is 23.7 Å². The topological polar surface area (TPSA) is 45.2 Å². The van der Waals surface area contributed by atoms with Crippen LogP contribution in [-0.2, 0) is 11.3 Å². The van der Waals surface area contributed by atoms with Crippen LogP contribution in [0.2, 0.25) is 0 Å². The van der Waals surface area contributed by atoms with Gasteiger partial charge < -0.3 is 10.2 Å². The largest absolute Gasteiger partial charge is 0.370 e. The summed E-state index contributed by atoms with van der Waals surface area (Å²) in [6.45, 7) is 2.36. The Bertz CT molecular complexity index is 1170. The lowest BCUT2D eigenvalue weighted by atomic mass is 9.95. The molecule has 1 aliphatic heterocycles. The smallest absolute Gasteiger partial charge is 0.223 e. The Morgan fingerprint density at radius 1 is 1.00 bits per heavy atom. The van der Waals surface area contributed by atoms with E-state index in [1.165, 1.54) is 10.4 Å². The van der Waals surface area contributed by atoms with Gasteiger partial charge in [0.25, 0.3) is 0 Å². The molecule has 0 saturated carbocycles. The van der Waals surface area contributed by atoms with Gasteiger partial charge in [0.05, 0.1) is 21.6 Å². The first kappa shape index (κ1) is 22.3. The summed E-state index contributed by atoms with van der Waals surface area (Å²) in [6.07, 6.45) is 1.74. The molecule has 4 nitrogen and oxygen atoms in total. The molecule has 0 radical (unpaired) electrons. The summed E-state index contributed by atoms with van der Waals surface area (Å²) >= 11 is 1.74. The van der Waals surface area contributed by atoms with Crippen LogP contribution >= 0.6 is 23.7 Å². The van der Waals surface area contributed by atoms with Gasteiger partial charge in [0.1, 0.15) is 0 Å². The van der Waals surface area contributed by atoms with Gasteiger partial charge in [-0.25, -0.2) is 4.98 Å². The number of hydrogen-bond donors (Lipinski definition) is 1. The van der Waals surface area contributed by atoms with E-state index >= 15 is 0 Å². The SMILES string of the molecule is Cl.O=C(NCc1ccccc1)C1CCN(c2cc(-c3ccccc3)nc3ccsc23)CC1. The van der Waals surface area contributed by atoms with Crippen LogP contribution in [0.25, 0.3) is 21.5 Å². The fraction of sp³-hybridized carbons (Fsp3) is 0.231. The minimum atomic E-state index is 0. The lowest BCUT2D eigenvalue weighted by Gasteiger charge is -2.33. The van der Waals surface area contributed by atoms with Gasteiger partial charge >= 0.3 is 0 Å². The number of piperidine rings is 1. The number of aromatic nitrogens is 1. The lowest BCUT2D eigenvalue weighted by molar-refractivity contribution is -0.125. The molecule has 2 aromatic heterocycles. The van der Waals surface area contributed by atoms with Gasteiger partial charge in [-0.3, -0.25) is 4.79 Å². The number of nitrogens with zero attached hydrogens (tertiary/aromatic N) is 2. The zero-order chi connectivity index (χ0) is 21.0. The molecule has 164 valence electrons. The summed E-state index contributed by atoms with van der Waals surface area (Å²) in [7, 11) is 0. The zero-order valence-electron chi connectivity index (χ0n) is 17.7. The van der Waals surface area contributed by atoms with Gasteiger partial charge in [-0.1, -0.05) is 60.7 Å². The molecule has 0 unspecified atom stereocenters. The van der Waals surface area contributed by atoms with E-state index in [9.17, 15) is 4.79 Å². The van der Waals surface area contributed by atoms with Gasteiger partial charge in [-0.05, 0) is 35.9 Å². The molecule has 1 N–H and O–H groups in total. The number of thiophene rings is 1. The second-order valence-corrected chi connectivity index (χ2v) is 8.91. The maximum Gasteiger partial charge on any atom is 0.223 e. The highest BCUT2D eigenvalue weighted by molar-refractivity contribution is 7.17. The van der Waals surface area contributed by atoms with E-state index in [1.54, 1.807) is 11.3 Å². The van der Waals surface area contributed by atoms with E-state index in [0.29, 0.717) is 6.54 Å². The Morgan fingerprint density at radius 2 is 1.69 bits per heavy atom.